The highest BCUT2D eigenvalue weighted by molar-refractivity contribution is 5.89. The Morgan fingerprint density at radius 1 is 0.688 bits per heavy atom. The second-order valence-electron chi connectivity index (χ2n) is 8.45. The summed E-state index contributed by atoms with van der Waals surface area (Å²) in [6, 6.07) is 26.2. The Labute approximate surface area is 190 Å². The van der Waals surface area contributed by atoms with Crippen LogP contribution in [-0.2, 0) is 6.42 Å². The van der Waals surface area contributed by atoms with E-state index >= 15 is 4.39 Å². The molecule has 0 spiro atoms. The minimum Gasteiger partial charge on any atom is -0.497 e. The first-order chi connectivity index (χ1) is 15.7. The number of unbranched alkanes of at least 4 members (excludes halogenated alkanes) is 4. The lowest BCUT2D eigenvalue weighted by Crippen LogP contribution is -1.90. The van der Waals surface area contributed by atoms with Gasteiger partial charge in [-0.2, -0.15) is 0 Å². The van der Waals surface area contributed by atoms with E-state index in [9.17, 15) is 0 Å². The number of ether oxygens (including phenoxy) is 1. The minimum absolute atomic E-state index is 0.144. The van der Waals surface area contributed by atoms with Crippen molar-refractivity contribution in [2.75, 3.05) is 7.11 Å². The van der Waals surface area contributed by atoms with E-state index in [2.05, 4.69) is 19.1 Å². The Hall–Kier alpha value is -3.13. The maximum atomic E-state index is 15.4. The van der Waals surface area contributed by atoms with Gasteiger partial charge >= 0.3 is 0 Å². The van der Waals surface area contributed by atoms with Crippen molar-refractivity contribution < 1.29 is 9.13 Å². The van der Waals surface area contributed by atoms with Crippen LogP contribution in [-0.4, -0.2) is 7.11 Å². The fourth-order valence-electron chi connectivity index (χ4n) is 4.28. The van der Waals surface area contributed by atoms with E-state index < -0.39 is 0 Å². The summed E-state index contributed by atoms with van der Waals surface area (Å²) in [6.07, 6.45) is 7.42. The quantitative estimate of drug-likeness (QED) is 0.243. The fourth-order valence-corrected chi connectivity index (χ4v) is 4.28. The molecule has 0 atom stereocenters. The number of halogens is 1. The molecule has 0 bridgehead atoms. The van der Waals surface area contributed by atoms with E-state index in [1.165, 1.54) is 37.7 Å². The largest absolute Gasteiger partial charge is 0.497 e. The molecule has 4 aromatic rings. The summed E-state index contributed by atoms with van der Waals surface area (Å²) in [5, 5.41) is 1.67. The van der Waals surface area contributed by atoms with E-state index in [-0.39, 0.29) is 5.82 Å². The third-order valence-electron chi connectivity index (χ3n) is 6.21. The van der Waals surface area contributed by atoms with Crippen LogP contribution in [0, 0.1) is 5.82 Å². The normalized spacial score (nSPS) is 11.1. The van der Waals surface area contributed by atoms with Gasteiger partial charge in [0.15, 0.2) is 0 Å². The van der Waals surface area contributed by atoms with E-state index in [0.29, 0.717) is 10.9 Å². The van der Waals surface area contributed by atoms with E-state index in [0.717, 1.165) is 34.2 Å². The number of methoxy groups -OCH3 is 1. The number of aryl methyl sites for hydroxylation is 1. The van der Waals surface area contributed by atoms with Crippen molar-refractivity contribution in [2.24, 2.45) is 0 Å². The standard InChI is InChI=1S/C30H31FO/c1-3-4-5-6-7-8-22-9-19-29-26(21-22)16-20-28(30(29)31)25-12-10-23(11-13-25)24-14-17-27(32-2)18-15-24/h9-21H,3-8H2,1-2H3. The lowest BCUT2D eigenvalue weighted by atomic mass is 9.96. The second-order valence-corrected chi connectivity index (χ2v) is 8.45. The van der Waals surface area contributed by atoms with Crippen molar-refractivity contribution in [3.05, 3.63) is 90.2 Å². The fraction of sp³-hybridized carbons (Fsp3) is 0.267. The molecule has 4 rings (SSSR count). The molecule has 4 aromatic carbocycles. The van der Waals surface area contributed by atoms with Crippen molar-refractivity contribution >= 4 is 10.8 Å². The van der Waals surface area contributed by atoms with Crippen LogP contribution < -0.4 is 4.74 Å². The van der Waals surface area contributed by atoms with E-state index in [4.69, 9.17) is 4.74 Å². The molecule has 0 aliphatic heterocycles. The lowest BCUT2D eigenvalue weighted by molar-refractivity contribution is 0.415. The molecule has 0 radical (unpaired) electrons. The summed E-state index contributed by atoms with van der Waals surface area (Å²) < 4.78 is 20.6. The molecule has 0 amide bonds. The predicted octanol–water partition coefficient (Wildman–Crippen LogP) is 8.83. The van der Waals surface area contributed by atoms with Gasteiger partial charge in [0.1, 0.15) is 11.6 Å². The number of rotatable bonds is 9. The van der Waals surface area contributed by atoms with Crippen LogP contribution in [0.3, 0.4) is 0 Å². The first-order valence-electron chi connectivity index (χ1n) is 11.7. The Bertz CT molecular complexity index is 1160. The molecule has 2 heteroatoms. The van der Waals surface area contributed by atoms with Gasteiger partial charge in [0.05, 0.1) is 7.11 Å². The van der Waals surface area contributed by atoms with Gasteiger partial charge in [-0.05, 0) is 52.6 Å². The van der Waals surface area contributed by atoms with Crippen LogP contribution in [0.5, 0.6) is 5.75 Å². The summed E-state index contributed by atoms with van der Waals surface area (Å²) in [5.74, 6) is 0.692. The molecule has 0 aromatic heterocycles. The van der Waals surface area contributed by atoms with Crippen LogP contribution >= 0.6 is 0 Å². The summed E-state index contributed by atoms with van der Waals surface area (Å²) in [7, 11) is 1.66. The predicted molar refractivity (Wildman–Crippen MR) is 134 cm³/mol. The molecule has 0 fully saturated rings. The van der Waals surface area contributed by atoms with Crippen LogP contribution in [0.4, 0.5) is 4.39 Å². The average Bonchev–Trinajstić information content (AvgIpc) is 2.84. The van der Waals surface area contributed by atoms with Gasteiger partial charge in [-0.25, -0.2) is 4.39 Å². The topological polar surface area (TPSA) is 9.23 Å². The average molecular weight is 427 g/mol. The number of fused-ring (bicyclic) bond motifs is 1. The van der Waals surface area contributed by atoms with Crippen molar-refractivity contribution in [2.45, 2.75) is 45.4 Å². The van der Waals surface area contributed by atoms with E-state index in [1.54, 1.807) is 7.11 Å². The lowest BCUT2D eigenvalue weighted by Gasteiger charge is -2.10. The zero-order valence-electron chi connectivity index (χ0n) is 19.0. The Morgan fingerprint density at radius 3 is 2.03 bits per heavy atom. The Morgan fingerprint density at radius 2 is 1.34 bits per heavy atom. The number of hydrogen-bond donors (Lipinski definition) is 0. The maximum absolute atomic E-state index is 15.4. The molecule has 1 nitrogen and oxygen atoms in total. The van der Waals surface area contributed by atoms with Crippen molar-refractivity contribution in [1.29, 1.82) is 0 Å². The highest BCUT2D eigenvalue weighted by atomic mass is 19.1. The molecule has 164 valence electrons. The van der Waals surface area contributed by atoms with Gasteiger partial charge in [-0.15, -0.1) is 0 Å². The smallest absolute Gasteiger partial charge is 0.138 e. The second kappa shape index (κ2) is 10.5. The minimum atomic E-state index is -0.144. The van der Waals surface area contributed by atoms with Crippen LogP contribution in [0.15, 0.2) is 78.9 Å². The van der Waals surface area contributed by atoms with Crippen LogP contribution in [0.2, 0.25) is 0 Å². The third-order valence-corrected chi connectivity index (χ3v) is 6.21. The number of hydrogen-bond acceptors (Lipinski definition) is 1. The van der Waals surface area contributed by atoms with Gasteiger partial charge < -0.3 is 4.74 Å². The van der Waals surface area contributed by atoms with Crippen LogP contribution in [0.25, 0.3) is 33.0 Å². The molecule has 0 N–H and O–H groups in total. The first kappa shape index (κ1) is 22.1. The molecule has 0 heterocycles. The summed E-state index contributed by atoms with van der Waals surface area (Å²) in [5.41, 5.74) is 5.04. The van der Waals surface area contributed by atoms with E-state index in [1.807, 2.05) is 66.7 Å². The Kier molecular flexibility index (Phi) is 7.21. The first-order valence-corrected chi connectivity index (χ1v) is 11.7. The summed E-state index contributed by atoms with van der Waals surface area (Å²) in [4.78, 5) is 0. The molecule has 0 aliphatic carbocycles. The highest BCUT2D eigenvalue weighted by Gasteiger charge is 2.10. The van der Waals surface area contributed by atoms with Gasteiger partial charge in [0.2, 0.25) is 0 Å². The SMILES string of the molecule is CCCCCCCc1ccc2c(F)c(-c3ccc(-c4ccc(OC)cc4)cc3)ccc2c1. The van der Waals surface area contributed by atoms with Gasteiger partial charge in [-0.1, -0.05) is 99.3 Å². The molecular formula is C30H31FO. The molecule has 0 unspecified atom stereocenters. The molecular weight excluding hydrogens is 395 g/mol. The monoisotopic (exact) mass is 426 g/mol. The Balaban J connectivity index is 1.52. The zero-order chi connectivity index (χ0) is 22.3. The van der Waals surface area contributed by atoms with Crippen LogP contribution in [0.1, 0.15) is 44.6 Å². The molecule has 32 heavy (non-hydrogen) atoms. The molecule has 0 saturated heterocycles. The molecule has 0 aliphatic rings. The molecule has 0 saturated carbocycles. The van der Waals surface area contributed by atoms with Crippen molar-refractivity contribution in [3.8, 4) is 28.0 Å². The third kappa shape index (κ3) is 5.02. The highest BCUT2D eigenvalue weighted by Crippen LogP contribution is 2.31. The maximum Gasteiger partial charge on any atom is 0.138 e. The van der Waals surface area contributed by atoms with Crippen molar-refractivity contribution in [3.63, 3.8) is 0 Å². The van der Waals surface area contributed by atoms with Crippen molar-refractivity contribution in [1.82, 2.24) is 0 Å². The number of benzene rings is 4. The summed E-state index contributed by atoms with van der Waals surface area (Å²) >= 11 is 0. The summed E-state index contributed by atoms with van der Waals surface area (Å²) in [6.45, 7) is 2.24. The van der Waals surface area contributed by atoms with Gasteiger partial charge in [-0.3, -0.25) is 0 Å². The zero-order valence-corrected chi connectivity index (χ0v) is 19.0. The van der Waals surface area contributed by atoms with Gasteiger partial charge in [0.25, 0.3) is 0 Å². The van der Waals surface area contributed by atoms with Gasteiger partial charge in [0, 0.05) is 10.9 Å².